The Hall–Kier alpha value is -3.04. The molecule has 1 heterocycles. The molecule has 1 saturated heterocycles. The van der Waals surface area contributed by atoms with E-state index in [2.05, 4.69) is 0 Å². The second kappa shape index (κ2) is 9.40. The molecular weight excluding hydrogens is 414 g/mol. The monoisotopic (exact) mass is 438 g/mol. The lowest BCUT2D eigenvalue weighted by Crippen LogP contribution is -2.49. The molecular formula is C21H24F2N2O6. The molecule has 2 fully saturated rings. The number of carboxylic acids is 2. The number of carbonyl (C=O) groups is 4. The molecule has 2 N–H and O–H groups in total. The van der Waals surface area contributed by atoms with Gasteiger partial charge in [0.25, 0.3) is 0 Å². The summed E-state index contributed by atoms with van der Waals surface area (Å²) in [5.74, 6) is -5.62. The molecule has 1 aromatic carbocycles. The van der Waals surface area contributed by atoms with Crippen LogP contribution in [0.4, 0.5) is 8.78 Å². The van der Waals surface area contributed by atoms with Crippen LogP contribution < -0.4 is 0 Å². The summed E-state index contributed by atoms with van der Waals surface area (Å²) in [4.78, 5) is 50.4. The van der Waals surface area contributed by atoms with E-state index in [1.165, 1.54) is 17.0 Å². The van der Waals surface area contributed by atoms with Crippen LogP contribution in [0.2, 0.25) is 0 Å². The molecule has 3 rings (SSSR count). The largest absolute Gasteiger partial charge is 0.480 e. The van der Waals surface area contributed by atoms with Gasteiger partial charge in [0.05, 0.1) is 0 Å². The third-order valence-electron chi connectivity index (χ3n) is 5.78. The summed E-state index contributed by atoms with van der Waals surface area (Å²) in [6, 6.07) is 1.70. The fraction of sp³-hybridized carbons (Fsp3) is 0.524. The first-order valence-corrected chi connectivity index (χ1v) is 10.1. The minimum absolute atomic E-state index is 0.0350. The topological polar surface area (TPSA) is 115 Å². The standard InChI is InChI=1S/C21H24F2N2O6/c22-15-3-1-2-13(20(15)23)10-24-14(6-7-17(24)26)9-18(27)25(11-19(28)29)16(21(30)31)8-12-4-5-12/h1-3,12,14,16H,4-11H2,(H,28,29)(H,30,31)/t14-,16-/m0/s1. The summed E-state index contributed by atoms with van der Waals surface area (Å²) >= 11 is 0. The number of benzene rings is 1. The number of aliphatic carboxylic acids is 2. The maximum absolute atomic E-state index is 14.0. The van der Waals surface area contributed by atoms with Crippen LogP contribution in [0, 0.1) is 17.6 Å². The maximum Gasteiger partial charge on any atom is 0.326 e. The molecule has 2 aliphatic rings. The minimum Gasteiger partial charge on any atom is -0.480 e. The summed E-state index contributed by atoms with van der Waals surface area (Å²) in [6.45, 7) is -0.995. The van der Waals surface area contributed by atoms with Gasteiger partial charge in [0, 0.05) is 31.0 Å². The van der Waals surface area contributed by atoms with Crippen LogP contribution in [-0.2, 0) is 25.7 Å². The number of hydrogen-bond donors (Lipinski definition) is 2. The Balaban J connectivity index is 1.75. The molecule has 168 valence electrons. The summed E-state index contributed by atoms with van der Waals surface area (Å²) in [5, 5.41) is 18.8. The van der Waals surface area contributed by atoms with Crippen molar-refractivity contribution in [2.75, 3.05) is 6.54 Å². The number of rotatable bonds is 10. The van der Waals surface area contributed by atoms with Crippen molar-refractivity contribution in [3.63, 3.8) is 0 Å². The smallest absolute Gasteiger partial charge is 0.326 e. The number of likely N-dealkylation sites (tertiary alicyclic amines) is 1. The second-order valence-corrected chi connectivity index (χ2v) is 8.08. The van der Waals surface area contributed by atoms with E-state index in [-0.39, 0.29) is 49.6 Å². The van der Waals surface area contributed by atoms with Gasteiger partial charge in [-0.1, -0.05) is 25.0 Å². The van der Waals surface area contributed by atoms with Gasteiger partial charge in [-0.3, -0.25) is 14.4 Å². The van der Waals surface area contributed by atoms with Gasteiger partial charge in [-0.2, -0.15) is 0 Å². The van der Waals surface area contributed by atoms with Crippen LogP contribution >= 0.6 is 0 Å². The number of carbonyl (C=O) groups excluding carboxylic acids is 2. The fourth-order valence-electron chi connectivity index (χ4n) is 3.94. The van der Waals surface area contributed by atoms with E-state index in [9.17, 15) is 38.2 Å². The van der Waals surface area contributed by atoms with E-state index in [1.54, 1.807) is 0 Å². The molecule has 0 unspecified atom stereocenters. The maximum atomic E-state index is 14.0. The average Bonchev–Trinajstić information content (AvgIpc) is 3.46. The van der Waals surface area contributed by atoms with Gasteiger partial charge in [0.1, 0.15) is 12.6 Å². The van der Waals surface area contributed by atoms with Crippen molar-refractivity contribution in [2.45, 2.75) is 57.2 Å². The second-order valence-electron chi connectivity index (χ2n) is 8.08. The molecule has 2 amide bonds. The van der Waals surface area contributed by atoms with Crippen molar-refractivity contribution in [3.8, 4) is 0 Å². The van der Waals surface area contributed by atoms with Crippen molar-refractivity contribution in [2.24, 2.45) is 5.92 Å². The van der Waals surface area contributed by atoms with Crippen molar-refractivity contribution in [1.82, 2.24) is 9.80 Å². The van der Waals surface area contributed by atoms with Gasteiger partial charge < -0.3 is 20.0 Å². The van der Waals surface area contributed by atoms with Crippen LogP contribution in [0.25, 0.3) is 0 Å². The zero-order valence-corrected chi connectivity index (χ0v) is 16.8. The quantitative estimate of drug-likeness (QED) is 0.578. The summed E-state index contributed by atoms with van der Waals surface area (Å²) in [6.07, 6.45) is 1.95. The lowest BCUT2D eigenvalue weighted by atomic mass is 10.1. The number of halogens is 2. The molecule has 0 radical (unpaired) electrons. The van der Waals surface area contributed by atoms with Crippen molar-refractivity contribution in [1.29, 1.82) is 0 Å². The van der Waals surface area contributed by atoms with E-state index >= 15 is 0 Å². The Kier molecular flexibility index (Phi) is 6.87. The van der Waals surface area contributed by atoms with E-state index < -0.39 is 48.1 Å². The van der Waals surface area contributed by atoms with E-state index in [0.29, 0.717) is 0 Å². The lowest BCUT2D eigenvalue weighted by Gasteiger charge is -2.31. The third kappa shape index (κ3) is 5.56. The third-order valence-corrected chi connectivity index (χ3v) is 5.78. The Labute approximate surface area is 177 Å². The van der Waals surface area contributed by atoms with Gasteiger partial charge in [0.15, 0.2) is 11.6 Å². The van der Waals surface area contributed by atoms with Crippen molar-refractivity contribution >= 4 is 23.8 Å². The highest BCUT2D eigenvalue weighted by Gasteiger charge is 2.39. The molecule has 0 bridgehead atoms. The lowest BCUT2D eigenvalue weighted by molar-refractivity contribution is -0.155. The SMILES string of the molecule is O=C(O)CN(C(=O)C[C@@H]1CCC(=O)N1Cc1cccc(F)c1F)[C@@H](CC1CC1)C(=O)O. The van der Waals surface area contributed by atoms with Gasteiger partial charge in [-0.05, 0) is 24.8 Å². The van der Waals surface area contributed by atoms with Crippen LogP contribution in [0.1, 0.15) is 44.1 Å². The first-order chi connectivity index (χ1) is 14.7. The molecule has 1 saturated carbocycles. The molecule has 0 spiro atoms. The van der Waals surface area contributed by atoms with Crippen LogP contribution in [0.5, 0.6) is 0 Å². The number of amides is 2. The Morgan fingerprint density at radius 1 is 1.16 bits per heavy atom. The van der Waals surface area contributed by atoms with E-state index in [4.69, 9.17) is 0 Å². The molecule has 1 aliphatic heterocycles. The zero-order chi connectivity index (χ0) is 22.7. The summed E-state index contributed by atoms with van der Waals surface area (Å²) in [7, 11) is 0. The molecule has 10 heteroatoms. The molecule has 1 aliphatic carbocycles. The van der Waals surface area contributed by atoms with Crippen LogP contribution in [-0.4, -0.2) is 62.4 Å². The average molecular weight is 438 g/mol. The van der Waals surface area contributed by atoms with Gasteiger partial charge >= 0.3 is 11.9 Å². The number of nitrogens with zero attached hydrogens (tertiary/aromatic N) is 2. The molecule has 0 aromatic heterocycles. The first kappa shape index (κ1) is 22.6. The highest BCUT2D eigenvalue weighted by atomic mass is 19.2. The number of hydrogen-bond acceptors (Lipinski definition) is 4. The normalized spacial score (nSPS) is 19.4. The first-order valence-electron chi connectivity index (χ1n) is 10.1. The number of carboxylic acid groups (broad SMARTS) is 2. The zero-order valence-electron chi connectivity index (χ0n) is 16.8. The van der Waals surface area contributed by atoms with Crippen LogP contribution in [0.3, 0.4) is 0 Å². The summed E-state index contributed by atoms with van der Waals surface area (Å²) in [5.41, 5.74) is -0.0350. The Bertz CT molecular complexity index is 889. The van der Waals surface area contributed by atoms with Crippen LogP contribution in [0.15, 0.2) is 18.2 Å². The van der Waals surface area contributed by atoms with Crippen molar-refractivity contribution < 1.29 is 38.2 Å². The Morgan fingerprint density at radius 2 is 1.87 bits per heavy atom. The van der Waals surface area contributed by atoms with Gasteiger partial charge in [0.2, 0.25) is 11.8 Å². The molecule has 8 nitrogen and oxygen atoms in total. The van der Waals surface area contributed by atoms with Crippen molar-refractivity contribution in [3.05, 3.63) is 35.4 Å². The molecule has 1 aromatic rings. The van der Waals surface area contributed by atoms with E-state index in [1.807, 2.05) is 0 Å². The Morgan fingerprint density at radius 3 is 2.48 bits per heavy atom. The highest BCUT2D eigenvalue weighted by Crippen LogP contribution is 2.35. The molecule has 2 atom stereocenters. The predicted octanol–water partition coefficient (Wildman–Crippen LogP) is 2.01. The fourth-order valence-corrected chi connectivity index (χ4v) is 3.94. The van der Waals surface area contributed by atoms with Gasteiger partial charge in [-0.15, -0.1) is 0 Å². The minimum atomic E-state index is -1.34. The summed E-state index contributed by atoms with van der Waals surface area (Å²) < 4.78 is 27.6. The highest BCUT2D eigenvalue weighted by molar-refractivity contribution is 5.88. The van der Waals surface area contributed by atoms with E-state index in [0.717, 1.165) is 23.8 Å². The molecule has 31 heavy (non-hydrogen) atoms. The predicted molar refractivity (Wildman–Crippen MR) is 103 cm³/mol. The van der Waals surface area contributed by atoms with Gasteiger partial charge in [-0.25, -0.2) is 13.6 Å².